The Labute approximate surface area is 83.2 Å². The van der Waals surface area contributed by atoms with Crippen molar-refractivity contribution in [3.8, 4) is 6.19 Å². The van der Waals surface area contributed by atoms with E-state index in [2.05, 4.69) is 5.32 Å². The van der Waals surface area contributed by atoms with Crippen molar-refractivity contribution in [2.24, 2.45) is 0 Å². The predicted molar refractivity (Wildman–Crippen MR) is 56.2 cm³/mol. The van der Waals surface area contributed by atoms with Crippen LogP contribution in [-0.4, -0.2) is 4.99 Å². The molecule has 3 heteroatoms. The van der Waals surface area contributed by atoms with Crippen molar-refractivity contribution >= 4 is 17.2 Å². The van der Waals surface area contributed by atoms with E-state index in [4.69, 9.17) is 17.5 Å². The quantitative estimate of drug-likeness (QED) is 0.440. The summed E-state index contributed by atoms with van der Waals surface area (Å²) in [5, 5.41) is 10.8. The minimum atomic E-state index is 0.561. The maximum atomic E-state index is 8.31. The zero-order valence-corrected chi connectivity index (χ0v) is 8.19. The van der Waals surface area contributed by atoms with E-state index in [1.165, 1.54) is 5.56 Å². The van der Waals surface area contributed by atoms with Gasteiger partial charge < -0.3 is 0 Å². The number of nitrogens with zero attached hydrogens (tertiary/aromatic N) is 1. The molecule has 0 unspecified atom stereocenters. The molecule has 66 valence electrons. The molecular formula is C10H10N2S. The molecule has 0 atom stereocenters. The van der Waals surface area contributed by atoms with E-state index in [1.807, 2.05) is 37.4 Å². The summed E-state index contributed by atoms with van der Waals surface area (Å²) in [5.74, 6) is 0. The number of nitrogens with one attached hydrogen (secondary N) is 1. The Morgan fingerprint density at radius 2 is 2.08 bits per heavy atom. The van der Waals surface area contributed by atoms with E-state index in [1.54, 1.807) is 0 Å². The number of hydrogen-bond acceptors (Lipinski definition) is 2. The van der Waals surface area contributed by atoms with Crippen molar-refractivity contribution < 1.29 is 0 Å². The van der Waals surface area contributed by atoms with Gasteiger partial charge in [0.2, 0.25) is 0 Å². The number of rotatable bonds is 2. The van der Waals surface area contributed by atoms with Crippen LogP contribution >= 0.6 is 12.2 Å². The zero-order valence-electron chi connectivity index (χ0n) is 7.37. The first-order chi connectivity index (χ1) is 6.22. The van der Waals surface area contributed by atoms with Crippen LogP contribution in [0.3, 0.4) is 0 Å². The zero-order chi connectivity index (χ0) is 9.68. The summed E-state index contributed by atoms with van der Waals surface area (Å²) in [6.45, 7) is 2.04. The summed E-state index contributed by atoms with van der Waals surface area (Å²) in [6, 6.07) is 8.09. The van der Waals surface area contributed by atoms with Gasteiger partial charge in [-0.15, -0.1) is 0 Å². The Morgan fingerprint density at radius 1 is 1.46 bits per heavy atom. The lowest BCUT2D eigenvalue weighted by Gasteiger charge is -2.01. The fourth-order valence-corrected chi connectivity index (χ4v) is 1.21. The van der Waals surface area contributed by atoms with E-state index < -0.39 is 0 Å². The molecule has 0 radical (unpaired) electrons. The molecule has 1 rings (SSSR count). The standard InChI is InChI=1S/C10H10N2S/c1-8-2-4-9(5-3-8)6-10(13)12-7-11/h2-5H,6H2,1H3,(H,12,13). The summed E-state index contributed by atoms with van der Waals surface area (Å²) in [7, 11) is 0. The molecule has 0 fully saturated rings. The molecule has 0 saturated heterocycles. The summed E-state index contributed by atoms with van der Waals surface area (Å²) in [4.78, 5) is 0.561. The Kier molecular flexibility index (Phi) is 3.41. The van der Waals surface area contributed by atoms with E-state index in [0.29, 0.717) is 11.4 Å². The Bertz CT molecular complexity index is 335. The van der Waals surface area contributed by atoms with Crippen molar-refractivity contribution in [1.29, 1.82) is 5.26 Å². The first kappa shape index (κ1) is 9.69. The molecule has 0 aliphatic carbocycles. The molecule has 0 bridgehead atoms. The number of nitriles is 1. The summed E-state index contributed by atoms with van der Waals surface area (Å²) < 4.78 is 0. The van der Waals surface area contributed by atoms with Crippen LogP contribution in [0.1, 0.15) is 11.1 Å². The largest absolute Gasteiger partial charge is 0.286 e. The van der Waals surface area contributed by atoms with Gasteiger partial charge >= 0.3 is 0 Å². The lowest BCUT2D eigenvalue weighted by molar-refractivity contribution is 1.21. The van der Waals surface area contributed by atoms with Gasteiger partial charge in [-0.1, -0.05) is 42.0 Å². The van der Waals surface area contributed by atoms with Crippen LogP contribution in [0.2, 0.25) is 0 Å². The second-order valence-electron chi connectivity index (χ2n) is 2.82. The average Bonchev–Trinajstić information content (AvgIpc) is 2.09. The van der Waals surface area contributed by atoms with Crippen molar-refractivity contribution in [2.75, 3.05) is 0 Å². The molecule has 1 aromatic rings. The highest BCUT2D eigenvalue weighted by Gasteiger charge is 1.97. The smallest absolute Gasteiger partial charge is 0.181 e. The molecule has 2 nitrogen and oxygen atoms in total. The van der Waals surface area contributed by atoms with Gasteiger partial charge in [-0.25, -0.2) is 0 Å². The number of thiocarbonyl (C=S) groups is 1. The van der Waals surface area contributed by atoms with E-state index >= 15 is 0 Å². The van der Waals surface area contributed by atoms with E-state index in [9.17, 15) is 0 Å². The molecule has 0 aliphatic rings. The lowest BCUT2D eigenvalue weighted by Crippen LogP contribution is -2.17. The van der Waals surface area contributed by atoms with Gasteiger partial charge in [0.05, 0.1) is 4.99 Å². The molecule has 0 heterocycles. The van der Waals surface area contributed by atoms with Crippen molar-refractivity contribution in [1.82, 2.24) is 5.32 Å². The fraction of sp³-hybridized carbons (Fsp3) is 0.200. The molecular weight excluding hydrogens is 180 g/mol. The van der Waals surface area contributed by atoms with Crippen LogP contribution in [0.5, 0.6) is 0 Å². The highest BCUT2D eigenvalue weighted by Crippen LogP contribution is 2.03. The predicted octanol–water partition coefficient (Wildman–Crippen LogP) is 1.94. The number of aryl methyl sites for hydroxylation is 1. The third kappa shape index (κ3) is 3.22. The first-order valence-electron chi connectivity index (χ1n) is 3.96. The molecule has 0 aromatic heterocycles. The van der Waals surface area contributed by atoms with Crippen LogP contribution in [0.4, 0.5) is 0 Å². The van der Waals surface area contributed by atoms with Gasteiger partial charge in [0, 0.05) is 6.42 Å². The summed E-state index contributed by atoms with van der Waals surface area (Å²) in [5.41, 5.74) is 2.35. The molecule has 0 amide bonds. The van der Waals surface area contributed by atoms with Gasteiger partial charge in [0.1, 0.15) is 0 Å². The Morgan fingerprint density at radius 3 is 2.62 bits per heavy atom. The van der Waals surface area contributed by atoms with Crippen LogP contribution in [-0.2, 0) is 6.42 Å². The van der Waals surface area contributed by atoms with Gasteiger partial charge in [0.25, 0.3) is 0 Å². The molecule has 0 aliphatic heterocycles. The molecule has 13 heavy (non-hydrogen) atoms. The lowest BCUT2D eigenvalue weighted by atomic mass is 10.1. The Hall–Kier alpha value is -1.40. The van der Waals surface area contributed by atoms with Crippen LogP contribution in [0.25, 0.3) is 0 Å². The van der Waals surface area contributed by atoms with Crippen molar-refractivity contribution in [3.63, 3.8) is 0 Å². The van der Waals surface area contributed by atoms with Crippen molar-refractivity contribution in [2.45, 2.75) is 13.3 Å². The van der Waals surface area contributed by atoms with Gasteiger partial charge in [-0.05, 0) is 12.5 Å². The SMILES string of the molecule is Cc1ccc(CC(=S)NC#N)cc1. The van der Waals surface area contributed by atoms with Crippen molar-refractivity contribution in [3.05, 3.63) is 35.4 Å². The molecule has 0 spiro atoms. The second-order valence-corrected chi connectivity index (χ2v) is 3.32. The third-order valence-corrected chi connectivity index (χ3v) is 1.93. The van der Waals surface area contributed by atoms with Gasteiger partial charge in [0.15, 0.2) is 6.19 Å². The summed E-state index contributed by atoms with van der Waals surface area (Å²) in [6.07, 6.45) is 2.44. The van der Waals surface area contributed by atoms with E-state index in [0.717, 1.165) is 5.56 Å². The van der Waals surface area contributed by atoms with E-state index in [-0.39, 0.29) is 0 Å². The maximum absolute atomic E-state index is 8.31. The second kappa shape index (κ2) is 4.58. The molecule has 1 N–H and O–H groups in total. The highest BCUT2D eigenvalue weighted by molar-refractivity contribution is 7.80. The van der Waals surface area contributed by atoms with Gasteiger partial charge in [-0.2, -0.15) is 5.26 Å². The maximum Gasteiger partial charge on any atom is 0.181 e. The van der Waals surface area contributed by atoms with Crippen LogP contribution < -0.4 is 5.32 Å². The topological polar surface area (TPSA) is 35.8 Å². The molecule has 1 aromatic carbocycles. The molecule has 0 saturated carbocycles. The minimum absolute atomic E-state index is 0.561. The Balaban J connectivity index is 2.60. The normalized spacial score (nSPS) is 8.92. The third-order valence-electron chi connectivity index (χ3n) is 1.68. The monoisotopic (exact) mass is 190 g/mol. The minimum Gasteiger partial charge on any atom is -0.286 e. The summed E-state index contributed by atoms with van der Waals surface area (Å²) >= 11 is 4.93. The fourth-order valence-electron chi connectivity index (χ4n) is 0.998. The van der Waals surface area contributed by atoms with Crippen LogP contribution in [0, 0.1) is 18.4 Å². The first-order valence-corrected chi connectivity index (χ1v) is 4.36. The number of benzene rings is 1. The number of hydrogen-bond donors (Lipinski definition) is 1. The average molecular weight is 190 g/mol. The van der Waals surface area contributed by atoms with Gasteiger partial charge in [-0.3, -0.25) is 5.32 Å². The highest BCUT2D eigenvalue weighted by atomic mass is 32.1. The van der Waals surface area contributed by atoms with Crippen LogP contribution in [0.15, 0.2) is 24.3 Å².